The maximum atomic E-state index is 13.2. The zero-order valence-electron chi connectivity index (χ0n) is 18.4. The molecule has 2 aromatic carbocycles. The Hall–Kier alpha value is -2.91. The van der Waals surface area contributed by atoms with Gasteiger partial charge in [-0.1, -0.05) is 30.3 Å². The van der Waals surface area contributed by atoms with Crippen LogP contribution >= 0.6 is 11.3 Å². The second-order valence-corrected chi connectivity index (χ2v) is 8.90. The Morgan fingerprint density at radius 3 is 2.45 bits per heavy atom. The quantitative estimate of drug-likeness (QED) is 0.506. The second-order valence-electron chi connectivity index (χ2n) is 7.90. The number of alkyl halides is 3. The Morgan fingerprint density at radius 2 is 1.79 bits per heavy atom. The number of rotatable bonds is 5. The Labute approximate surface area is 194 Å². The lowest BCUT2D eigenvalue weighted by Crippen LogP contribution is -2.37. The average Bonchev–Trinajstić information content (AvgIpc) is 3.20. The van der Waals surface area contributed by atoms with Gasteiger partial charge in [-0.25, -0.2) is 4.98 Å². The van der Waals surface area contributed by atoms with Gasteiger partial charge >= 0.3 is 6.18 Å². The van der Waals surface area contributed by atoms with Crippen molar-refractivity contribution in [1.82, 2.24) is 9.88 Å². The van der Waals surface area contributed by atoms with Gasteiger partial charge in [-0.3, -0.25) is 4.79 Å². The van der Waals surface area contributed by atoms with Crippen molar-refractivity contribution in [1.29, 1.82) is 0 Å². The summed E-state index contributed by atoms with van der Waals surface area (Å²) in [5, 5.41) is 0.520. The third-order valence-corrected chi connectivity index (χ3v) is 6.74. The molecule has 0 atom stereocenters. The zero-order chi connectivity index (χ0) is 23.6. The van der Waals surface area contributed by atoms with E-state index in [-0.39, 0.29) is 5.91 Å². The molecule has 1 saturated heterocycles. The Bertz CT molecular complexity index is 1120. The predicted octanol–water partition coefficient (Wildman–Crippen LogP) is 5.25. The van der Waals surface area contributed by atoms with Crippen molar-refractivity contribution in [3.63, 3.8) is 0 Å². The fourth-order valence-corrected chi connectivity index (χ4v) is 4.84. The number of para-hydroxylation sites is 1. The molecule has 0 bridgehead atoms. The van der Waals surface area contributed by atoms with E-state index in [1.165, 1.54) is 23.5 Å². The van der Waals surface area contributed by atoms with Gasteiger partial charge in [0, 0.05) is 37.9 Å². The van der Waals surface area contributed by atoms with Crippen molar-refractivity contribution >= 4 is 22.9 Å². The maximum absolute atomic E-state index is 13.2. The molecule has 0 aliphatic carbocycles. The van der Waals surface area contributed by atoms with Gasteiger partial charge in [0.1, 0.15) is 9.88 Å². The van der Waals surface area contributed by atoms with Gasteiger partial charge in [-0.2, -0.15) is 13.2 Å². The van der Waals surface area contributed by atoms with Gasteiger partial charge in [-0.15, -0.1) is 11.3 Å². The van der Waals surface area contributed by atoms with Crippen LogP contribution in [0.3, 0.4) is 0 Å². The molecule has 0 radical (unpaired) electrons. The highest BCUT2D eigenvalue weighted by Crippen LogP contribution is 2.33. The molecule has 33 heavy (non-hydrogen) atoms. The van der Waals surface area contributed by atoms with E-state index in [2.05, 4.69) is 16.0 Å². The van der Waals surface area contributed by atoms with Crippen molar-refractivity contribution in [2.24, 2.45) is 0 Å². The Morgan fingerprint density at radius 1 is 1.12 bits per heavy atom. The van der Waals surface area contributed by atoms with Gasteiger partial charge in [0.15, 0.2) is 0 Å². The number of carbonyl (C=O) groups is 1. The topological polar surface area (TPSA) is 45.7 Å². The van der Waals surface area contributed by atoms with E-state index in [1.807, 2.05) is 18.2 Å². The normalized spacial score (nSPS) is 14.4. The van der Waals surface area contributed by atoms with E-state index in [9.17, 15) is 18.0 Å². The smallest absolute Gasteiger partial charge is 0.378 e. The first-order chi connectivity index (χ1) is 15.7. The average molecular weight is 476 g/mol. The number of benzene rings is 2. The fourth-order valence-electron chi connectivity index (χ4n) is 3.78. The Balaban J connectivity index is 1.52. The summed E-state index contributed by atoms with van der Waals surface area (Å²) in [7, 11) is 1.75. The van der Waals surface area contributed by atoms with E-state index >= 15 is 0 Å². The van der Waals surface area contributed by atoms with Crippen LogP contribution in [0, 0.1) is 6.92 Å². The molecule has 3 aromatic rings. The minimum absolute atomic E-state index is 0.167. The van der Waals surface area contributed by atoms with Crippen LogP contribution in [-0.2, 0) is 17.5 Å². The third kappa shape index (κ3) is 5.20. The van der Waals surface area contributed by atoms with Crippen molar-refractivity contribution < 1.29 is 22.7 Å². The molecule has 1 aliphatic heterocycles. The van der Waals surface area contributed by atoms with E-state index in [0.29, 0.717) is 40.9 Å². The number of hydrogen-bond donors (Lipinski definition) is 0. The van der Waals surface area contributed by atoms with E-state index in [0.717, 1.165) is 36.5 Å². The van der Waals surface area contributed by atoms with E-state index in [1.54, 1.807) is 18.9 Å². The number of morpholine rings is 1. The lowest BCUT2D eigenvalue weighted by atomic mass is 10.1. The first-order valence-corrected chi connectivity index (χ1v) is 11.4. The highest BCUT2D eigenvalue weighted by molar-refractivity contribution is 7.17. The lowest BCUT2D eigenvalue weighted by Gasteiger charge is -2.31. The van der Waals surface area contributed by atoms with Crippen LogP contribution in [0.4, 0.5) is 18.9 Å². The first kappa shape index (κ1) is 23.3. The van der Waals surface area contributed by atoms with Crippen LogP contribution < -0.4 is 4.90 Å². The largest absolute Gasteiger partial charge is 0.416 e. The molecule has 174 valence electrons. The third-order valence-electron chi connectivity index (χ3n) is 5.55. The number of anilines is 1. The first-order valence-electron chi connectivity index (χ1n) is 10.5. The van der Waals surface area contributed by atoms with Crippen molar-refractivity contribution in [3.8, 4) is 10.6 Å². The van der Waals surface area contributed by atoms with Crippen LogP contribution in [0.15, 0.2) is 48.5 Å². The number of thiazole rings is 1. The number of aromatic nitrogens is 1. The van der Waals surface area contributed by atoms with Crippen LogP contribution in [0.5, 0.6) is 0 Å². The number of carbonyl (C=O) groups excluding carboxylic acids is 1. The number of aryl methyl sites for hydroxylation is 1. The molecule has 1 fully saturated rings. The lowest BCUT2D eigenvalue weighted by molar-refractivity contribution is -0.137. The zero-order valence-corrected chi connectivity index (χ0v) is 19.2. The fraction of sp³-hybridized carbons (Fsp3) is 0.333. The monoisotopic (exact) mass is 475 g/mol. The number of amides is 1. The summed E-state index contributed by atoms with van der Waals surface area (Å²) in [6, 6.07) is 12.8. The van der Waals surface area contributed by atoms with Crippen molar-refractivity contribution in [2.45, 2.75) is 19.6 Å². The molecule has 0 unspecified atom stereocenters. The molecular formula is C24H24F3N3O2S. The molecule has 0 spiro atoms. The summed E-state index contributed by atoms with van der Waals surface area (Å²) in [5.41, 5.74) is 2.53. The molecule has 2 heterocycles. The van der Waals surface area contributed by atoms with Gasteiger partial charge < -0.3 is 14.5 Å². The van der Waals surface area contributed by atoms with Crippen molar-refractivity contribution in [2.75, 3.05) is 38.3 Å². The molecule has 0 saturated carbocycles. The summed E-state index contributed by atoms with van der Waals surface area (Å²) in [4.78, 5) is 22.0. The number of ether oxygens (including phenoxy) is 1. The summed E-state index contributed by atoms with van der Waals surface area (Å²) in [5.74, 6) is -0.167. The Kier molecular flexibility index (Phi) is 6.71. The number of nitrogens with zero attached hydrogens (tertiary/aromatic N) is 3. The molecule has 9 heteroatoms. The van der Waals surface area contributed by atoms with Gasteiger partial charge in [0.2, 0.25) is 0 Å². The van der Waals surface area contributed by atoms with Crippen LogP contribution in [0.2, 0.25) is 0 Å². The van der Waals surface area contributed by atoms with Gasteiger partial charge in [0.05, 0.1) is 24.5 Å². The minimum atomic E-state index is -4.39. The van der Waals surface area contributed by atoms with E-state index in [4.69, 9.17) is 4.74 Å². The maximum Gasteiger partial charge on any atom is 0.416 e. The summed E-state index contributed by atoms with van der Waals surface area (Å²) >= 11 is 1.19. The van der Waals surface area contributed by atoms with Gasteiger partial charge in [-0.05, 0) is 30.7 Å². The van der Waals surface area contributed by atoms with Gasteiger partial charge in [0.25, 0.3) is 5.91 Å². The standard InChI is InChI=1S/C24H24F3N3O2S/c1-16-21(33-22(28-16)17-7-9-19(10-8-17)24(25,26)27)23(31)29(2)15-18-5-3-4-6-20(18)30-11-13-32-14-12-30/h3-10H,11-15H2,1-2H3. The molecule has 1 aromatic heterocycles. The van der Waals surface area contributed by atoms with Crippen LogP contribution in [0.1, 0.15) is 26.5 Å². The molecular weight excluding hydrogens is 451 g/mol. The van der Waals surface area contributed by atoms with Crippen LogP contribution in [0.25, 0.3) is 10.6 Å². The predicted molar refractivity (Wildman–Crippen MR) is 123 cm³/mol. The SMILES string of the molecule is Cc1nc(-c2ccc(C(F)(F)F)cc2)sc1C(=O)N(C)Cc1ccccc1N1CCOCC1. The highest BCUT2D eigenvalue weighted by atomic mass is 32.1. The summed E-state index contributed by atoms with van der Waals surface area (Å²) in [6.07, 6.45) is -4.39. The van der Waals surface area contributed by atoms with Crippen LogP contribution in [-0.4, -0.2) is 49.1 Å². The molecule has 1 amide bonds. The van der Waals surface area contributed by atoms with E-state index < -0.39 is 11.7 Å². The highest BCUT2D eigenvalue weighted by Gasteiger charge is 2.30. The summed E-state index contributed by atoms with van der Waals surface area (Å²) < 4.78 is 44.0. The number of hydrogen-bond acceptors (Lipinski definition) is 5. The molecule has 1 aliphatic rings. The second kappa shape index (κ2) is 9.52. The summed E-state index contributed by atoms with van der Waals surface area (Å²) in [6.45, 7) is 5.14. The number of halogens is 3. The molecule has 5 nitrogen and oxygen atoms in total. The van der Waals surface area contributed by atoms with Crippen molar-refractivity contribution in [3.05, 3.63) is 70.2 Å². The molecule has 0 N–H and O–H groups in total. The molecule has 4 rings (SSSR count). The minimum Gasteiger partial charge on any atom is -0.378 e.